The monoisotopic (exact) mass is 520 g/mol. The first-order valence-corrected chi connectivity index (χ1v) is 13.2. The van der Waals surface area contributed by atoms with Crippen molar-refractivity contribution in [2.75, 3.05) is 26.2 Å². The average molecular weight is 521 g/mol. The number of likely N-dealkylation sites (tertiary alicyclic amines) is 2. The molecule has 0 bridgehead atoms. The van der Waals surface area contributed by atoms with Crippen LogP contribution in [0.2, 0.25) is 5.02 Å². The lowest BCUT2D eigenvalue weighted by molar-refractivity contribution is 0.0292. The highest BCUT2D eigenvalue weighted by Crippen LogP contribution is 2.35. The zero-order valence-electron chi connectivity index (χ0n) is 21.6. The summed E-state index contributed by atoms with van der Waals surface area (Å²) in [6.45, 7) is 8.03. The first kappa shape index (κ1) is 25.3. The minimum absolute atomic E-state index is 0.00985. The molecule has 3 aromatic rings. The minimum atomic E-state index is -0.563. The molecule has 2 fully saturated rings. The van der Waals surface area contributed by atoms with E-state index >= 15 is 0 Å². The standard InChI is InChI=1S/C29H33ClN4O3/c1-29(2,3)37-28(36)33-16-14-22(19-33)26-25(17-31-34(26)24-11-9-23(30)10-12-24)27(35)32-15-13-21(18-32)20-7-5-4-6-8-20/h4-12,17,21-22H,13-16,18-19H2,1-3H3/t21-,22-/m0/s1. The molecule has 0 saturated carbocycles. The van der Waals surface area contributed by atoms with Gasteiger partial charge in [-0.3, -0.25) is 4.79 Å². The van der Waals surface area contributed by atoms with Crippen molar-refractivity contribution in [3.63, 3.8) is 0 Å². The molecule has 2 aliphatic rings. The molecule has 0 N–H and O–H groups in total. The highest BCUT2D eigenvalue weighted by Gasteiger charge is 2.37. The topological polar surface area (TPSA) is 67.7 Å². The van der Waals surface area contributed by atoms with E-state index in [4.69, 9.17) is 16.3 Å². The number of nitrogens with zero attached hydrogens (tertiary/aromatic N) is 4. The van der Waals surface area contributed by atoms with Crippen LogP contribution < -0.4 is 0 Å². The summed E-state index contributed by atoms with van der Waals surface area (Å²) in [6, 6.07) is 17.8. The van der Waals surface area contributed by atoms with Gasteiger partial charge >= 0.3 is 6.09 Å². The van der Waals surface area contributed by atoms with Crippen LogP contribution in [0.15, 0.2) is 60.8 Å². The third kappa shape index (κ3) is 5.52. The summed E-state index contributed by atoms with van der Waals surface area (Å²) in [5.74, 6) is 0.274. The maximum atomic E-state index is 13.8. The van der Waals surface area contributed by atoms with Gasteiger partial charge in [0.25, 0.3) is 5.91 Å². The van der Waals surface area contributed by atoms with E-state index in [-0.39, 0.29) is 17.9 Å². The van der Waals surface area contributed by atoms with Crippen molar-refractivity contribution in [2.24, 2.45) is 0 Å². The summed E-state index contributed by atoms with van der Waals surface area (Å²) in [7, 11) is 0. The minimum Gasteiger partial charge on any atom is -0.444 e. The van der Waals surface area contributed by atoms with Gasteiger partial charge in [0.15, 0.2) is 0 Å². The van der Waals surface area contributed by atoms with Crippen molar-refractivity contribution in [1.82, 2.24) is 19.6 Å². The lowest BCUT2D eigenvalue weighted by Gasteiger charge is -2.24. The number of halogens is 1. The SMILES string of the molecule is CC(C)(C)OC(=O)N1CC[C@H](c2c(C(=O)N3CC[C@H](c4ccccc4)C3)cnn2-c2ccc(Cl)cc2)C1. The summed E-state index contributed by atoms with van der Waals surface area (Å²) < 4.78 is 7.43. The second-order valence-corrected chi connectivity index (χ2v) is 11.3. The number of benzene rings is 2. The highest BCUT2D eigenvalue weighted by molar-refractivity contribution is 6.30. The van der Waals surface area contributed by atoms with Crippen LogP contribution in [0.5, 0.6) is 0 Å². The van der Waals surface area contributed by atoms with Crippen molar-refractivity contribution >= 4 is 23.6 Å². The first-order valence-electron chi connectivity index (χ1n) is 12.9. The Kier molecular flexibility index (Phi) is 6.99. The number of ether oxygens (including phenoxy) is 1. The Morgan fingerprint density at radius 1 is 0.919 bits per heavy atom. The molecule has 37 heavy (non-hydrogen) atoms. The van der Waals surface area contributed by atoms with E-state index in [0.29, 0.717) is 42.7 Å². The van der Waals surface area contributed by atoms with E-state index in [9.17, 15) is 9.59 Å². The number of carbonyl (C=O) groups is 2. The van der Waals surface area contributed by atoms with E-state index in [0.717, 1.165) is 24.2 Å². The van der Waals surface area contributed by atoms with Gasteiger partial charge in [-0.1, -0.05) is 41.9 Å². The van der Waals surface area contributed by atoms with Gasteiger partial charge in [-0.05, 0) is 63.4 Å². The van der Waals surface area contributed by atoms with Crippen molar-refractivity contribution in [3.05, 3.63) is 82.6 Å². The van der Waals surface area contributed by atoms with Gasteiger partial charge < -0.3 is 14.5 Å². The van der Waals surface area contributed by atoms with Gasteiger partial charge in [-0.25, -0.2) is 9.48 Å². The molecule has 0 spiro atoms. The molecular formula is C29H33ClN4O3. The fraction of sp³-hybridized carbons (Fsp3) is 0.414. The summed E-state index contributed by atoms with van der Waals surface area (Å²) >= 11 is 6.13. The van der Waals surface area contributed by atoms with E-state index in [2.05, 4.69) is 17.2 Å². The first-order chi connectivity index (χ1) is 17.7. The maximum absolute atomic E-state index is 13.8. The third-order valence-corrected chi connectivity index (χ3v) is 7.33. The number of hydrogen-bond donors (Lipinski definition) is 0. The molecule has 1 aromatic heterocycles. The van der Waals surface area contributed by atoms with Crippen LogP contribution in [-0.2, 0) is 4.74 Å². The molecular weight excluding hydrogens is 488 g/mol. The van der Waals surface area contributed by atoms with Gasteiger partial charge in [0.05, 0.1) is 23.1 Å². The van der Waals surface area contributed by atoms with Crippen LogP contribution >= 0.6 is 11.6 Å². The van der Waals surface area contributed by atoms with Gasteiger partial charge in [-0.15, -0.1) is 0 Å². The van der Waals surface area contributed by atoms with Crippen LogP contribution in [0.3, 0.4) is 0 Å². The van der Waals surface area contributed by atoms with Gasteiger partial charge in [0.1, 0.15) is 5.60 Å². The molecule has 7 nitrogen and oxygen atoms in total. The zero-order valence-corrected chi connectivity index (χ0v) is 22.3. The summed E-state index contributed by atoms with van der Waals surface area (Å²) in [5.41, 5.74) is 2.96. The molecule has 194 valence electrons. The van der Waals surface area contributed by atoms with Crippen molar-refractivity contribution < 1.29 is 14.3 Å². The molecule has 0 aliphatic carbocycles. The van der Waals surface area contributed by atoms with E-state index in [1.54, 1.807) is 11.1 Å². The Morgan fingerprint density at radius 2 is 1.57 bits per heavy atom. The van der Waals surface area contributed by atoms with Crippen molar-refractivity contribution in [1.29, 1.82) is 0 Å². The largest absolute Gasteiger partial charge is 0.444 e. The Labute approximate surface area is 223 Å². The van der Waals surface area contributed by atoms with Crippen LogP contribution in [-0.4, -0.2) is 63.4 Å². The van der Waals surface area contributed by atoms with Crippen molar-refractivity contribution in [2.45, 2.75) is 51.0 Å². The van der Waals surface area contributed by atoms with Crippen LogP contribution in [0.4, 0.5) is 4.79 Å². The molecule has 0 unspecified atom stereocenters. The highest BCUT2D eigenvalue weighted by atomic mass is 35.5. The zero-order chi connectivity index (χ0) is 26.2. The summed E-state index contributed by atoms with van der Waals surface area (Å²) in [6.07, 6.45) is 3.02. The number of carbonyl (C=O) groups excluding carboxylic acids is 2. The third-order valence-electron chi connectivity index (χ3n) is 7.08. The number of aromatic nitrogens is 2. The second-order valence-electron chi connectivity index (χ2n) is 10.9. The molecule has 3 heterocycles. The maximum Gasteiger partial charge on any atom is 0.410 e. The number of rotatable bonds is 4. The fourth-order valence-corrected chi connectivity index (χ4v) is 5.42. The Balaban J connectivity index is 1.43. The van der Waals surface area contributed by atoms with E-state index in [1.165, 1.54) is 5.56 Å². The number of hydrogen-bond acceptors (Lipinski definition) is 4. The molecule has 8 heteroatoms. The second kappa shape index (κ2) is 10.2. The van der Waals surface area contributed by atoms with Gasteiger partial charge in [0, 0.05) is 43.0 Å². The van der Waals surface area contributed by atoms with Gasteiger partial charge in [0.2, 0.25) is 0 Å². The lowest BCUT2D eigenvalue weighted by atomic mass is 9.98. The quantitative estimate of drug-likeness (QED) is 0.431. The molecule has 2 amide bonds. The molecule has 2 atom stereocenters. The molecule has 2 saturated heterocycles. The Morgan fingerprint density at radius 3 is 2.27 bits per heavy atom. The van der Waals surface area contributed by atoms with Crippen molar-refractivity contribution in [3.8, 4) is 5.69 Å². The molecule has 2 aliphatic heterocycles. The molecule has 0 radical (unpaired) electrons. The Bertz CT molecular complexity index is 1270. The number of amides is 2. The lowest BCUT2D eigenvalue weighted by Crippen LogP contribution is -2.35. The predicted molar refractivity (Wildman–Crippen MR) is 143 cm³/mol. The average Bonchev–Trinajstić information content (AvgIpc) is 3.63. The van der Waals surface area contributed by atoms with Gasteiger partial charge in [-0.2, -0.15) is 5.10 Å². The smallest absolute Gasteiger partial charge is 0.410 e. The summed E-state index contributed by atoms with van der Waals surface area (Å²) in [5, 5.41) is 5.29. The van der Waals surface area contributed by atoms with E-state index in [1.807, 2.05) is 72.8 Å². The summed E-state index contributed by atoms with van der Waals surface area (Å²) in [4.78, 5) is 30.3. The normalized spacial score (nSPS) is 19.9. The van der Waals surface area contributed by atoms with Crippen LogP contribution in [0.25, 0.3) is 5.69 Å². The van der Waals surface area contributed by atoms with Crippen LogP contribution in [0, 0.1) is 0 Å². The Hall–Kier alpha value is -3.32. The fourth-order valence-electron chi connectivity index (χ4n) is 5.29. The van der Waals surface area contributed by atoms with E-state index < -0.39 is 5.60 Å². The van der Waals surface area contributed by atoms with Crippen LogP contribution in [0.1, 0.15) is 67.1 Å². The molecule has 5 rings (SSSR count). The molecule has 2 aromatic carbocycles. The predicted octanol–water partition coefficient (Wildman–Crippen LogP) is 5.88.